The van der Waals surface area contributed by atoms with Crippen molar-refractivity contribution in [3.63, 3.8) is 0 Å². The lowest BCUT2D eigenvalue weighted by atomic mass is 10.6. The average Bonchev–Trinajstić information content (AvgIpc) is 1.79. The Hall–Kier alpha value is 0.177. The molecule has 1 heterocycles. The highest BCUT2D eigenvalue weighted by molar-refractivity contribution is 6.12. The Bertz CT molecular complexity index is 40.2. The quantitative estimate of drug-likeness (QED) is 0.276. The van der Waals surface area contributed by atoms with Crippen LogP contribution in [0.15, 0.2) is 0 Å². The van der Waals surface area contributed by atoms with Gasteiger partial charge in [-0.3, -0.25) is 0 Å². The van der Waals surface area contributed by atoms with E-state index in [0.717, 1.165) is 0 Å². The van der Waals surface area contributed by atoms with Gasteiger partial charge in [0.2, 0.25) is 0 Å². The van der Waals surface area contributed by atoms with Crippen LogP contribution >= 0.6 is 0 Å². The third kappa shape index (κ3) is 0.519. The summed E-state index contributed by atoms with van der Waals surface area (Å²) in [5.41, 5.74) is 0.690. The summed E-state index contributed by atoms with van der Waals surface area (Å²) in [6, 6.07) is 0. The lowest BCUT2D eigenvalue weighted by Crippen LogP contribution is -1.82. The summed E-state index contributed by atoms with van der Waals surface area (Å²) in [6.45, 7) is 2.11. The number of ether oxygens (including phenoxy) is 1. The van der Waals surface area contributed by atoms with E-state index in [1.807, 2.05) is 0 Å². The van der Waals surface area contributed by atoms with Crippen LogP contribution in [0.1, 0.15) is 6.92 Å². The Morgan fingerprint density at radius 3 is 2.00 bits per heavy atom. The number of hydrogen-bond donors (Lipinski definition) is 0. The van der Waals surface area contributed by atoms with Crippen molar-refractivity contribution in [3.05, 3.63) is 0 Å². The van der Waals surface area contributed by atoms with E-state index < -0.39 is 0 Å². The average molecular weight is 88.2 g/mol. The zero-order chi connectivity index (χ0) is 3.86. The van der Waals surface area contributed by atoms with Crippen molar-refractivity contribution < 1.29 is 4.74 Å². The normalized spacial score (nSPS) is 49.8. The highest BCUT2D eigenvalue weighted by Gasteiger charge is 2.27. The van der Waals surface area contributed by atoms with Crippen molar-refractivity contribution in [1.29, 1.82) is 0 Å². The van der Waals surface area contributed by atoms with Crippen molar-refractivity contribution in [3.8, 4) is 0 Å². The first-order valence-electron chi connectivity index (χ1n) is 1.96. The maximum atomic E-state index is 4.98. The van der Waals surface area contributed by atoms with Crippen LogP contribution < -0.4 is 0 Å². The van der Waals surface area contributed by atoms with Gasteiger partial charge in [0.25, 0.3) is 0 Å². The molecule has 1 rings (SSSR count). The molecule has 0 aromatic heterocycles. The molecule has 0 N–H and O–H groups in total. The highest BCUT2D eigenvalue weighted by Crippen LogP contribution is 2.15. The molecular formula is C3H8OSi. The first kappa shape index (κ1) is 3.37. The minimum absolute atomic E-state index is 0.613. The van der Waals surface area contributed by atoms with E-state index in [2.05, 4.69) is 6.92 Å². The van der Waals surface area contributed by atoms with Crippen LogP contribution in [0, 0.1) is 0 Å². The monoisotopic (exact) mass is 88.0 g/mol. The van der Waals surface area contributed by atoms with Crippen molar-refractivity contribution in [2.24, 2.45) is 0 Å². The van der Waals surface area contributed by atoms with Crippen LogP contribution in [-0.2, 0) is 4.74 Å². The molecule has 1 fully saturated rings. The topological polar surface area (TPSA) is 12.5 Å². The molecule has 2 unspecified atom stereocenters. The second kappa shape index (κ2) is 0.818. The fourth-order valence-electron chi connectivity index (χ4n) is 0.293. The highest BCUT2D eigenvalue weighted by atomic mass is 28.1. The fraction of sp³-hybridized carbons (Fsp3) is 1.00. The van der Waals surface area contributed by atoms with Gasteiger partial charge >= 0.3 is 0 Å². The van der Waals surface area contributed by atoms with Gasteiger partial charge in [-0.25, -0.2) is 0 Å². The van der Waals surface area contributed by atoms with Crippen molar-refractivity contribution in [2.75, 3.05) is 0 Å². The fourth-order valence-corrected chi connectivity index (χ4v) is 0.723. The van der Waals surface area contributed by atoms with Gasteiger partial charge in [0.05, 0.1) is 11.8 Å². The molecule has 1 nitrogen and oxygen atoms in total. The molecule has 1 saturated heterocycles. The molecule has 0 radical (unpaired) electrons. The van der Waals surface area contributed by atoms with Gasteiger partial charge in [-0.15, -0.1) is 0 Å². The Morgan fingerprint density at radius 1 is 1.80 bits per heavy atom. The molecule has 0 saturated carbocycles. The smallest absolute Gasteiger partial charge is 0.0769 e. The molecule has 0 amide bonds. The van der Waals surface area contributed by atoms with E-state index >= 15 is 0 Å². The van der Waals surface area contributed by atoms with Crippen LogP contribution in [0.2, 0.25) is 0 Å². The Labute approximate surface area is 34.7 Å². The number of hydrogen-bond acceptors (Lipinski definition) is 1. The summed E-state index contributed by atoms with van der Waals surface area (Å²) in [4.78, 5) is 0. The molecular weight excluding hydrogens is 80.1 g/mol. The minimum Gasteiger partial charge on any atom is -0.375 e. The second-order valence-electron chi connectivity index (χ2n) is 1.55. The van der Waals surface area contributed by atoms with Crippen molar-refractivity contribution >= 4 is 10.2 Å². The molecule has 2 atom stereocenters. The van der Waals surface area contributed by atoms with Gasteiger partial charge < -0.3 is 4.74 Å². The lowest BCUT2D eigenvalue weighted by Gasteiger charge is -1.57. The molecule has 0 bridgehead atoms. The second-order valence-corrected chi connectivity index (χ2v) is 2.68. The van der Waals surface area contributed by atoms with Gasteiger partial charge in [-0.1, -0.05) is 0 Å². The minimum atomic E-state index is 0.613. The zero-order valence-corrected chi connectivity index (χ0v) is 5.56. The molecule has 0 spiro atoms. The lowest BCUT2D eigenvalue weighted by molar-refractivity contribution is 0.411. The van der Waals surface area contributed by atoms with Crippen molar-refractivity contribution in [1.82, 2.24) is 0 Å². The maximum absolute atomic E-state index is 4.98. The van der Waals surface area contributed by atoms with Crippen LogP contribution in [-0.4, -0.2) is 22.1 Å². The molecule has 0 aromatic rings. The van der Waals surface area contributed by atoms with E-state index in [1.165, 1.54) is 10.2 Å². The number of epoxide rings is 1. The van der Waals surface area contributed by atoms with Crippen LogP contribution in [0.25, 0.3) is 0 Å². The van der Waals surface area contributed by atoms with Crippen LogP contribution in [0.4, 0.5) is 0 Å². The first-order chi connectivity index (χ1) is 2.30. The third-order valence-electron chi connectivity index (χ3n) is 1.01. The third-order valence-corrected chi connectivity index (χ3v) is 2.22. The zero-order valence-electron chi connectivity index (χ0n) is 3.56. The molecule has 1 aliphatic heterocycles. The summed E-state index contributed by atoms with van der Waals surface area (Å²) in [6.07, 6.45) is 0.613. The predicted octanol–water partition coefficient (Wildman–Crippen LogP) is -0.903. The Balaban J connectivity index is 2.20. The SMILES string of the molecule is CC1OC1[SiH3]. The van der Waals surface area contributed by atoms with Gasteiger partial charge in [0.15, 0.2) is 0 Å². The van der Waals surface area contributed by atoms with Gasteiger partial charge in [0, 0.05) is 10.2 Å². The van der Waals surface area contributed by atoms with E-state index in [9.17, 15) is 0 Å². The molecule has 2 heteroatoms. The van der Waals surface area contributed by atoms with Crippen LogP contribution in [0.3, 0.4) is 0 Å². The van der Waals surface area contributed by atoms with Gasteiger partial charge in [-0.2, -0.15) is 0 Å². The van der Waals surface area contributed by atoms with Gasteiger partial charge in [-0.05, 0) is 6.92 Å². The molecule has 0 aliphatic carbocycles. The summed E-state index contributed by atoms with van der Waals surface area (Å²) in [5, 5.41) is 0. The predicted molar refractivity (Wildman–Crippen MR) is 24.3 cm³/mol. The number of rotatable bonds is 0. The molecule has 30 valence electrons. The van der Waals surface area contributed by atoms with E-state index in [0.29, 0.717) is 11.8 Å². The van der Waals surface area contributed by atoms with E-state index in [1.54, 1.807) is 0 Å². The summed E-state index contributed by atoms with van der Waals surface area (Å²) < 4.78 is 4.98. The first-order valence-corrected chi connectivity index (χ1v) is 3.11. The summed E-state index contributed by atoms with van der Waals surface area (Å²) in [5.74, 6) is 0. The van der Waals surface area contributed by atoms with Crippen LogP contribution in [0.5, 0.6) is 0 Å². The largest absolute Gasteiger partial charge is 0.375 e. The Morgan fingerprint density at radius 2 is 2.00 bits per heavy atom. The summed E-state index contributed by atoms with van der Waals surface area (Å²) >= 11 is 0. The molecule has 0 aromatic carbocycles. The maximum Gasteiger partial charge on any atom is 0.0769 e. The standard InChI is InChI=1S/C3H8OSi/c1-2-3(5)4-2/h2-3H,1,5H3. The van der Waals surface area contributed by atoms with Crippen molar-refractivity contribution in [2.45, 2.75) is 18.8 Å². The molecule has 1 aliphatic rings. The molecule has 5 heavy (non-hydrogen) atoms. The van der Waals surface area contributed by atoms with E-state index in [4.69, 9.17) is 4.74 Å². The Kier molecular flexibility index (Phi) is 0.552. The van der Waals surface area contributed by atoms with Gasteiger partial charge in [0.1, 0.15) is 0 Å². The summed E-state index contributed by atoms with van der Waals surface area (Å²) in [7, 11) is 1.22. The van der Waals surface area contributed by atoms with E-state index in [-0.39, 0.29) is 0 Å².